The number of benzene rings is 1. The van der Waals surface area contributed by atoms with Crippen molar-refractivity contribution in [3.8, 4) is 11.8 Å². The molecule has 0 aliphatic heterocycles. The van der Waals surface area contributed by atoms with Crippen LogP contribution >= 0.6 is 0 Å². The summed E-state index contributed by atoms with van der Waals surface area (Å²) in [5, 5.41) is 14.7. The standard InChI is InChI=1S/C14H10F4N4O/c1-3-8(23)21-14-7(4-19)5-20-22(14)13-11(17)9(15)6(2)10(16)12(13)18/h5H,3H2,1-2H3,(H,21,23). The van der Waals surface area contributed by atoms with Gasteiger partial charge in [-0.05, 0) is 6.92 Å². The molecule has 5 nitrogen and oxygen atoms in total. The van der Waals surface area contributed by atoms with Gasteiger partial charge in [-0.2, -0.15) is 10.4 Å². The summed E-state index contributed by atoms with van der Waals surface area (Å²) in [6.07, 6.45) is 0.928. The van der Waals surface area contributed by atoms with Crippen molar-refractivity contribution in [2.75, 3.05) is 5.32 Å². The van der Waals surface area contributed by atoms with Crippen LogP contribution in [0, 0.1) is 41.5 Å². The Morgan fingerprint density at radius 3 is 2.30 bits per heavy atom. The number of nitrogens with zero attached hydrogens (tertiary/aromatic N) is 3. The second-order valence-electron chi connectivity index (χ2n) is 4.56. The van der Waals surface area contributed by atoms with Gasteiger partial charge in [-0.25, -0.2) is 22.2 Å². The van der Waals surface area contributed by atoms with Crippen LogP contribution in [0.4, 0.5) is 23.4 Å². The van der Waals surface area contributed by atoms with Crippen molar-refractivity contribution in [1.82, 2.24) is 9.78 Å². The van der Waals surface area contributed by atoms with Gasteiger partial charge in [0.2, 0.25) is 5.91 Å². The van der Waals surface area contributed by atoms with E-state index >= 15 is 0 Å². The minimum absolute atomic E-state index is 0.0115. The highest BCUT2D eigenvalue weighted by atomic mass is 19.2. The van der Waals surface area contributed by atoms with Crippen molar-refractivity contribution in [1.29, 1.82) is 5.26 Å². The molecule has 1 heterocycles. The van der Waals surface area contributed by atoms with Gasteiger partial charge in [-0.1, -0.05) is 6.92 Å². The number of carbonyl (C=O) groups excluding carboxylic acids is 1. The lowest BCUT2D eigenvalue weighted by Gasteiger charge is -2.13. The van der Waals surface area contributed by atoms with Crippen LogP contribution < -0.4 is 5.32 Å². The molecule has 0 saturated carbocycles. The van der Waals surface area contributed by atoms with Crippen LogP contribution in [-0.4, -0.2) is 15.7 Å². The van der Waals surface area contributed by atoms with Gasteiger partial charge >= 0.3 is 0 Å². The molecule has 0 spiro atoms. The number of hydrogen-bond acceptors (Lipinski definition) is 3. The van der Waals surface area contributed by atoms with Crippen molar-refractivity contribution in [3.63, 3.8) is 0 Å². The second kappa shape index (κ2) is 6.08. The summed E-state index contributed by atoms with van der Waals surface area (Å²) >= 11 is 0. The maximum absolute atomic E-state index is 14.1. The minimum Gasteiger partial charge on any atom is -0.309 e. The Morgan fingerprint density at radius 1 is 1.26 bits per heavy atom. The van der Waals surface area contributed by atoms with Gasteiger partial charge in [-0.15, -0.1) is 0 Å². The van der Waals surface area contributed by atoms with Crippen LogP contribution in [0.15, 0.2) is 6.20 Å². The van der Waals surface area contributed by atoms with Crippen LogP contribution in [-0.2, 0) is 4.79 Å². The summed E-state index contributed by atoms with van der Waals surface area (Å²) in [6, 6.07) is 1.66. The molecule has 2 rings (SSSR count). The number of hydrogen-bond donors (Lipinski definition) is 1. The second-order valence-corrected chi connectivity index (χ2v) is 4.56. The third kappa shape index (κ3) is 2.63. The van der Waals surface area contributed by atoms with E-state index in [0.29, 0.717) is 4.68 Å². The molecule has 9 heteroatoms. The molecule has 0 fully saturated rings. The number of carbonyl (C=O) groups is 1. The topological polar surface area (TPSA) is 70.7 Å². The number of anilines is 1. The van der Waals surface area contributed by atoms with Gasteiger partial charge in [0.1, 0.15) is 17.3 Å². The van der Waals surface area contributed by atoms with Gasteiger partial charge in [0.15, 0.2) is 29.1 Å². The Balaban J connectivity index is 2.76. The fourth-order valence-corrected chi connectivity index (χ4v) is 1.86. The lowest BCUT2D eigenvalue weighted by molar-refractivity contribution is -0.115. The van der Waals surface area contributed by atoms with Crippen LogP contribution in [0.2, 0.25) is 0 Å². The number of amides is 1. The molecule has 0 radical (unpaired) electrons. The van der Waals surface area contributed by atoms with Crippen molar-refractivity contribution in [2.24, 2.45) is 0 Å². The molecule has 120 valence electrons. The van der Waals surface area contributed by atoms with Gasteiger partial charge in [0, 0.05) is 12.0 Å². The van der Waals surface area contributed by atoms with Crippen molar-refractivity contribution < 1.29 is 22.4 Å². The summed E-state index contributed by atoms with van der Waals surface area (Å²) in [5.74, 6) is -7.47. The zero-order chi connectivity index (χ0) is 17.3. The van der Waals surface area contributed by atoms with E-state index in [1.54, 1.807) is 6.07 Å². The Hall–Kier alpha value is -2.89. The van der Waals surface area contributed by atoms with E-state index in [1.165, 1.54) is 6.92 Å². The maximum atomic E-state index is 14.1. The first kappa shape index (κ1) is 16.5. The zero-order valence-corrected chi connectivity index (χ0v) is 12.0. The highest BCUT2D eigenvalue weighted by molar-refractivity contribution is 5.91. The summed E-state index contributed by atoms with van der Waals surface area (Å²) < 4.78 is 56.0. The molecule has 1 amide bonds. The minimum atomic E-state index is -1.68. The van der Waals surface area contributed by atoms with E-state index in [-0.39, 0.29) is 17.8 Å². The van der Waals surface area contributed by atoms with E-state index < -0.39 is 40.4 Å². The van der Waals surface area contributed by atoms with E-state index in [0.717, 1.165) is 13.1 Å². The van der Waals surface area contributed by atoms with Crippen molar-refractivity contribution in [2.45, 2.75) is 20.3 Å². The third-order valence-corrected chi connectivity index (χ3v) is 3.14. The molecule has 0 aliphatic carbocycles. The third-order valence-electron chi connectivity index (χ3n) is 3.14. The number of halogens is 4. The lowest BCUT2D eigenvalue weighted by atomic mass is 10.1. The maximum Gasteiger partial charge on any atom is 0.225 e. The summed E-state index contributed by atoms with van der Waals surface area (Å²) in [6.45, 7) is 2.39. The van der Waals surface area contributed by atoms with E-state index in [9.17, 15) is 22.4 Å². The molecule has 2 aromatic rings. The molecule has 0 saturated heterocycles. The van der Waals surface area contributed by atoms with Crippen LogP contribution in [0.1, 0.15) is 24.5 Å². The van der Waals surface area contributed by atoms with Crippen molar-refractivity contribution >= 4 is 11.7 Å². The average Bonchev–Trinajstić information content (AvgIpc) is 2.93. The summed E-state index contributed by atoms with van der Waals surface area (Å²) in [5.41, 5.74) is -2.19. The molecular weight excluding hydrogens is 316 g/mol. The van der Waals surface area contributed by atoms with Gasteiger partial charge in [0.25, 0.3) is 0 Å². The number of rotatable bonds is 3. The summed E-state index contributed by atoms with van der Waals surface area (Å²) in [7, 11) is 0. The first-order valence-electron chi connectivity index (χ1n) is 6.44. The fraction of sp³-hybridized carbons (Fsp3) is 0.214. The van der Waals surface area contributed by atoms with E-state index in [4.69, 9.17) is 5.26 Å². The number of nitriles is 1. The monoisotopic (exact) mass is 326 g/mol. The van der Waals surface area contributed by atoms with Gasteiger partial charge in [-0.3, -0.25) is 4.79 Å². The number of aromatic nitrogens is 2. The average molecular weight is 326 g/mol. The fourth-order valence-electron chi connectivity index (χ4n) is 1.86. The number of nitrogens with one attached hydrogen (secondary N) is 1. The smallest absolute Gasteiger partial charge is 0.225 e. The Bertz CT molecular complexity index is 809. The molecule has 1 aromatic carbocycles. The normalized spacial score (nSPS) is 10.5. The Labute approximate surface area is 128 Å². The molecule has 0 unspecified atom stereocenters. The molecule has 0 bridgehead atoms. The van der Waals surface area contributed by atoms with Gasteiger partial charge < -0.3 is 5.32 Å². The van der Waals surface area contributed by atoms with Crippen molar-refractivity contribution in [3.05, 3.63) is 40.6 Å². The molecule has 1 N–H and O–H groups in total. The van der Waals surface area contributed by atoms with E-state index in [1.807, 2.05) is 0 Å². The first-order chi connectivity index (χ1) is 10.8. The highest BCUT2D eigenvalue weighted by Crippen LogP contribution is 2.29. The first-order valence-corrected chi connectivity index (χ1v) is 6.44. The SMILES string of the molecule is CCC(=O)Nc1c(C#N)cnn1-c1c(F)c(F)c(C)c(F)c1F. The predicted octanol–water partition coefficient (Wildman–Crippen LogP) is 2.96. The van der Waals surface area contributed by atoms with Gasteiger partial charge in [0.05, 0.1) is 6.20 Å². The largest absolute Gasteiger partial charge is 0.309 e. The molecule has 0 aliphatic rings. The molecular formula is C14H10F4N4O. The molecule has 1 aromatic heterocycles. The van der Waals surface area contributed by atoms with Crippen LogP contribution in [0.5, 0.6) is 0 Å². The van der Waals surface area contributed by atoms with E-state index in [2.05, 4.69) is 10.4 Å². The Kier molecular flexibility index (Phi) is 4.36. The lowest BCUT2D eigenvalue weighted by Crippen LogP contribution is -2.17. The highest BCUT2D eigenvalue weighted by Gasteiger charge is 2.27. The quantitative estimate of drug-likeness (QED) is 0.696. The Morgan fingerprint density at radius 2 is 1.83 bits per heavy atom. The zero-order valence-electron chi connectivity index (χ0n) is 12.0. The summed E-state index contributed by atoms with van der Waals surface area (Å²) in [4.78, 5) is 11.5. The predicted molar refractivity (Wildman–Crippen MR) is 71.8 cm³/mol. The van der Waals surface area contributed by atoms with Crippen LogP contribution in [0.3, 0.4) is 0 Å². The molecule has 23 heavy (non-hydrogen) atoms. The molecule has 0 atom stereocenters. The van der Waals surface area contributed by atoms with Crippen LogP contribution in [0.25, 0.3) is 5.69 Å².